The van der Waals surface area contributed by atoms with Crippen LogP contribution in [0.25, 0.3) is 10.9 Å². The summed E-state index contributed by atoms with van der Waals surface area (Å²) >= 11 is 6.49. The summed E-state index contributed by atoms with van der Waals surface area (Å²) in [5, 5.41) is 2.01. The molecule has 1 saturated carbocycles. The first-order valence-corrected chi connectivity index (χ1v) is 8.32. The third-order valence-electron chi connectivity index (χ3n) is 4.62. The predicted octanol–water partition coefficient (Wildman–Crippen LogP) is 5.04. The fourth-order valence-corrected chi connectivity index (χ4v) is 3.70. The number of nitrogens with zero attached hydrogens (tertiary/aromatic N) is 2. The number of hydrogen-bond donors (Lipinski definition) is 0. The maximum Gasteiger partial charge on any atom is 0.0761 e. The lowest BCUT2D eigenvalue weighted by Crippen LogP contribution is -2.38. The van der Waals surface area contributed by atoms with Gasteiger partial charge in [-0.15, -0.1) is 0 Å². The first-order valence-electron chi connectivity index (χ1n) is 7.94. The van der Waals surface area contributed by atoms with Gasteiger partial charge in [0.15, 0.2) is 0 Å². The van der Waals surface area contributed by atoms with Gasteiger partial charge in [0.1, 0.15) is 0 Å². The van der Waals surface area contributed by atoms with Crippen LogP contribution < -0.4 is 0 Å². The fraction of sp³-hybridized carbons (Fsp3) is 0.500. The Kier molecular flexibility index (Phi) is 4.46. The van der Waals surface area contributed by atoms with Gasteiger partial charge in [0.25, 0.3) is 0 Å². The van der Waals surface area contributed by atoms with Crippen LogP contribution in [0.3, 0.4) is 0 Å². The van der Waals surface area contributed by atoms with Crippen LogP contribution in [0.15, 0.2) is 30.5 Å². The molecular weight excluding hydrogens is 280 g/mol. The Morgan fingerprint density at radius 3 is 2.71 bits per heavy atom. The summed E-state index contributed by atoms with van der Waals surface area (Å²) in [6.45, 7) is 5.46. The number of aromatic nitrogens is 1. The highest BCUT2D eigenvalue weighted by molar-refractivity contribution is 6.32. The zero-order chi connectivity index (χ0) is 14.8. The van der Waals surface area contributed by atoms with Crippen LogP contribution >= 0.6 is 11.6 Å². The summed E-state index contributed by atoms with van der Waals surface area (Å²) < 4.78 is 0. The first kappa shape index (κ1) is 14.8. The predicted molar refractivity (Wildman–Crippen MR) is 89.7 cm³/mol. The fourth-order valence-electron chi connectivity index (χ4n) is 3.48. The number of hydrogen-bond acceptors (Lipinski definition) is 2. The first-order chi connectivity index (χ1) is 10.2. The molecule has 0 bridgehead atoms. The van der Waals surface area contributed by atoms with Crippen molar-refractivity contribution in [3.63, 3.8) is 0 Å². The Balaban J connectivity index is 1.97. The van der Waals surface area contributed by atoms with Crippen molar-refractivity contribution in [2.24, 2.45) is 0 Å². The molecule has 3 heteroatoms. The van der Waals surface area contributed by atoms with E-state index < -0.39 is 0 Å². The summed E-state index contributed by atoms with van der Waals surface area (Å²) in [5.74, 6) is 0. The van der Waals surface area contributed by atoms with Crippen molar-refractivity contribution in [1.82, 2.24) is 9.88 Å². The molecule has 0 atom stereocenters. The minimum atomic E-state index is 0.531. The number of pyridine rings is 1. The van der Waals surface area contributed by atoms with E-state index in [1.165, 1.54) is 36.6 Å². The molecule has 1 aromatic carbocycles. The van der Waals surface area contributed by atoms with E-state index in [1.807, 2.05) is 18.3 Å². The van der Waals surface area contributed by atoms with Crippen LogP contribution in [0.5, 0.6) is 0 Å². The molecular formula is C18H23ClN2. The van der Waals surface area contributed by atoms with Crippen molar-refractivity contribution >= 4 is 22.5 Å². The number of rotatable bonds is 4. The van der Waals surface area contributed by atoms with Crippen LogP contribution in [0, 0.1) is 0 Å². The molecule has 0 unspecified atom stereocenters. The summed E-state index contributed by atoms with van der Waals surface area (Å²) in [6.07, 6.45) is 7.20. The van der Waals surface area contributed by atoms with Gasteiger partial charge >= 0.3 is 0 Å². The minimum absolute atomic E-state index is 0.531. The van der Waals surface area contributed by atoms with Crippen molar-refractivity contribution in [1.29, 1.82) is 0 Å². The van der Waals surface area contributed by atoms with Gasteiger partial charge in [0, 0.05) is 40.8 Å². The highest BCUT2D eigenvalue weighted by atomic mass is 35.5. The lowest BCUT2D eigenvalue weighted by atomic mass is 10.1. The van der Waals surface area contributed by atoms with E-state index in [0.717, 1.165) is 17.1 Å². The lowest BCUT2D eigenvalue weighted by molar-refractivity contribution is 0.147. The molecule has 0 N–H and O–H groups in total. The zero-order valence-corrected chi connectivity index (χ0v) is 13.6. The number of fused-ring (bicyclic) bond motifs is 1. The molecule has 1 aliphatic carbocycles. The SMILES string of the molecule is CC(C)N(Cc1c(Cl)ccc2cccnc12)C1CCCC1. The summed E-state index contributed by atoms with van der Waals surface area (Å²) in [4.78, 5) is 7.17. The summed E-state index contributed by atoms with van der Waals surface area (Å²) in [5.41, 5.74) is 2.23. The third-order valence-corrected chi connectivity index (χ3v) is 4.97. The van der Waals surface area contributed by atoms with Gasteiger partial charge in [-0.05, 0) is 38.8 Å². The highest BCUT2D eigenvalue weighted by Gasteiger charge is 2.25. The smallest absolute Gasteiger partial charge is 0.0761 e. The van der Waals surface area contributed by atoms with E-state index >= 15 is 0 Å². The number of benzene rings is 1. The van der Waals surface area contributed by atoms with Crippen molar-refractivity contribution in [2.75, 3.05) is 0 Å². The van der Waals surface area contributed by atoms with Gasteiger partial charge in [0.2, 0.25) is 0 Å². The molecule has 0 aliphatic heterocycles. The molecule has 1 heterocycles. The average molecular weight is 303 g/mol. The van der Waals surface area contributed by atoms with E-state index in [2.05, 4.69) is 35.9 Å². The number of halogens is 1. The van der Waals surface area contributed by atoms with Crippen LogP contribution in [-0.4, -0.2) is 22.0 Å². The van der Waals surface area contributed by atoms with Crippen molar-refractivity contribution in [3.05, 3.63) is 41.0 Å². The summed E-state index contributed by atoms with van der Waals surface area (Å²) in [7, 11) is 0. The van der Waals surface area contributed by atoms with Crippen molar-refractivity contribution < 1.29 is 0 Å². The van der Waals surface area contributed by atoms with Gasteiger partial charge < -0.3 is 0 Å². The maximum atomic E-state index is 6.49. The molecule has 0 saturated heterocycles. The average Bonchev–Trinajstić information content (AvgIpc) is 3.00. The van der Waals surface area contributed by atoms with E-state index in [0.29, 0.717) is 12.1 Å². The molecule has 2 nitrogen and oxygen atoms in total. The highest BCUT2D eigenvalue weighted by Crippen LogP contribution is 2.31. The Hall–Kier alpha value is -1.12. The molecule has 21 heavy (non-hydrogen) atoms. The van der Waals surface area contributed by atoms with Crippen molar-refractivity contribution in [2.45, 2.75) is 58.2 Å². The summed E-state index contributed by atoms with van der Waals surface area (Å²) in [6, 6.07) is 9.38. The second-order valence-electron chi connectivity index (χ2n) is 6.31. The monoisotopic (exact) mass is 302 g/mol. The van der Waals surface area contributed by atoms with Crippen LogP contribution in [-0.2, 0) is 6.54 Å². The molecule has 112 valence electrons. The van der Waals surface area contributed by atoms with Crippen LogP contribution in [0.4, 0.5) is 0 Å². The van der Waals surface area contributed by atoms with Crippen LogP contribution in [0.1, 0.15) is 45.1 Å². The van der Waals surface area contributed by atoms with Gasteiger partial charge in [-0.1, -0.05) is 36.6 Å². The second-order valence-corrected chi connectivity index (χ2v) is 6.71. The molecule has 0 radical (unpaired) electrons. The van der Waals surface area contributed by atoms with E-state index in [4.69, 9.17) is 11.6 Å². The van der Waals surface area contributed by atoms with Crippen molar-refractivity contribution in [3.8, 4) is 0 Å². The normalized spacial score (nSPS) is 16.4. The van der Waals surface area contributed by atoms with Gasteiger partial charge in [-0.3, -0.25) is 9.88 Å². The standard InChI is InChI=1S/C18H23ClN2/c1-13(2)21(15-7-3-4-8-15)12-16-17(19)10-9-14-6-5-11-20-18(14)16/h5-6,9-11,13,15H,3-4,7-8,12H2,1-2H3. The Labute approximate surface area is 132 Å². The topological polar surface area (TPSA) is 16.1 Å². The molecule has 1 fully saturated rings. The Morgan fingerprint density at radius 2 is 2.00 bits per heavy atom. The van der Waals surface area contributed by atoms with E-state index in [1.54, 1.807) is 0 Å². The van der Waals surface area contributed by atoms with E-state index in [9.17, 15) is 0 Å². The molecule has 3 rings (SSSR count). The molecule has 1 aliphatic rings. The molecule has 1 aromatic heterocycles. The third kappa shape index (κ3) is 3.07. The van der Waals surface area contributed by atoms with Gasteiger partial charge in [-0.25, -0.2) is 0 Å². The van der Waals surface area contributed by atoms with Gasteiger partial charge in [0.05, 0.1) is 5.52 Å². The molecule has 0 amide bonds. The quantitative estimate of drug-likeness (QED) is 0.786. The molecule has 0 spiro atoms. The van der Waals surface area contributed by atoms with Crippen LogP contribution in [0.2, 0.25) is 5.02 Å². The zero-order valence-electron chi connectivity index (χ0n) is 12.8. The largest absolute Gasteiger partial charge is 0.294 e. The Morgan fingerprint density at radius 1 is 1.24 bits per heavy atom. The maximum absolute atomic E-state index is 6.49. The lowest BCUT2D eigenvalue weighted by Gasteiger charge is -2.33. The molecule has 2 aromatic rings. The minimum Gasteiger partial charge on any atom is -0.294 e. The van der Waals surface area contributed by atoms with E-state index in [-0.39, 0.29) is 0 Å². The Bertz CT molecular complexity index is 618. The second kappa shape index (κ2) is 6.33. The van der Waals surface area contributed by atoms with Gasteiger partial charge in [-0.2, -0.15) is 0 Å².